The summed E-state index contributed by atoms with van der Waals surface area (Å²) in [5.74, 6) is -4.42. The standard InChI is InChI=1S/C16H30N6O6/c1-3-8(2)12(19)15(26)27-11(23)7-10(18)14(25)28-13(24)9(17)5-4-6-22-16(20)21/h8-10,12H,3-7,17-19H2,1-2H3,(H4,20,21,22)/t8-,9-,10-,12-/m0/s1. The monoisotopic (exact) mass is 402 g/mol. The number of hydrogen-bond acceptors (Lipinski definition) is 10. The lowest BCUT2D eigenvalue weighted by Gasteiger charge is -2.16. The lowest BCUT2D eigenvalue weighted by atomic mass is 10.0. The van der Waals surface area contributed by atoms with Gasteiger partial charge in [0.25, 0.3) is 0 Å². The van der Waals surface area contributed by atoms with E-state index >= 15 is 0 Å². The molecule has 0 rings (SSSR count). The van der Waals surface area contributed by atoms with E-state index in [9.17, 15) is 19.2 Å². The maximum absolute atomic E-state index is 11.8. The summed E-state index contributed by atoms with van der Waals surface area (Å²) in [5, 5.41) is 0. The van der Waals surface area contributed by atoms with Crippen molar-refractivity contribution < 1.29 is 28.7 Å². The summed E-state index contributed by atoms with van der Waals surface area (Å²) in [6, 6.07) is -3.57. The fraction of sp³-hybridized carbons (Fsp3) is 0.688. The van der Waals surface area contributed by atoms with Crippen LogP contribution in [0.2, 0.25) is 0 Å². The van der Waals surface area contributed by atoms with Gasteiger partial charge in [-0.3, -0.25) is 9.79 Å². The average molecular weight is 402 g/mol. The van der Waals surface area contributed by atoms with Gasteiger partial charge in [-0.2, -0.15) is 0 Å². The zero-order valence-electron chi connectivity index (χ0n) is 16.1. The summed E-state index contributed by atoms with van der Waals surface area (Å²) in [6.45, 7) is 3.81. The smallest absolute Gasteiger partial charge is 0.331 e. The first kappa shape index (κ1) is 25.4. The molecule has 0 aromatic carbocycles. The predicted octanol–water partition coefficient (Wildman–Crippen LogP) is -2.40. The Labute approximate surface area is 163 Å². The maximum Gasteiger partial charge on any atom is 0.331 e. The van der Waals surface area contributed by atoms with E-state index in [0.29, 0.717) is 12.8 Å². The summed E-state index contributed by atoms with van der Waals surface area (Å²) in [5.41, 5.74) is 27.1. The van der Waals surface area contributed by atoms with Crippen LogP contribution >= 0.6 is 0 Å². The first-order valence-corrected chi connectivity index (χ1v) is 8.81. The zero-order valence-corrected chi connectivity index (χ0v) is 16.1. The number of carbonyl (C=O) groups excluding carboxylic acids is 4. The first-order valence-electron chi connectivity index (χ1n) is 8.81. The van der Waals surface area contributed by atoms with Gasteiger partial charge >= 0.3 is 23.9 Å². The largest absolute Gasteiger partial charge is 0.392 e. The third-order valence-electron chi connectivity index (χ3n) is 3.90. The molecule has 0 amide bonds. The van der Waals surface area contributed by atoms with Crippen molar-refractivity contribution in [3.05, 3.63) is 0 Å². The van der Waals surface area contributed by atoms with Crippen molar-refractivity contribution in [1.82, 2.24) is 0 Å². The minimum absolute atomic E-state index is 0.0900. The van der Waals surface area contributed by atoms with Gasteiger partial charge in [-0.15, -0.1) is 0 Å². The van der Waals surface area contributed by atoms with Crippen LogP contribution in [0, 0.1) is 5.92 Å². The fourth-order valence-electron chi connectivity index (χ4n) is 1.86. The topological polar surface area (TPSA) is 229 Å². The van der Waals surface area contributed by atoms with E-state index in [-0.39, 0.29) is 24.8 Å². The van der Waals surface area contributed by atoms with Crippen molar-refractivity contribution in [3.63, 3.8) is 0 Å². The van der Waals surface area contributed by atoms with Gasteiger partial charge in [0, 0.05) is 6.54 Å². The normalized spacial score (nSPS) is 14.9. The molecule has 0 bridgehead atoms. The van der Waals surface area contributed by atoms with Crippen molar-refractivity contribution in [1.29, 1.82) is 0 Å². The molecule has 4 atom stereocenters. The van der Waals surface area contributed by atoms with Gasteiger partial charge < -0.3 is 38.1 Å². The highest BCUT2D eigenvalue weighted by Gasteiger charge is 2.28. The van der Waals surface area contributed by atoms with Gasteiger partial charge in [-0.1, -0.05) is 20.3 Å². The van der Waals surface area contributed by atoms with Crippen molar-refractivity contribution in [3.8, 4) is 0 Å². The lowest BCUT2D eigenvalue weighted by molar-refractivity contribution is -0.167. The maximum atomic E-state index is 11.8. The Morgan fingerprint density at radius 2 is 1.50 bits per heavy atom. The van der Waals surface area contributed by atoms with Gasteiger partial charge in [0.05, 0.1) is 6.42 Å². The number of carbonyl (C=O) groups is 4. The van der Waals surface area contributed by atoms with E-state index in [1.165, 1.54) is 0 Å². The SMILES string of the molecule is CC[C@H](C)[C@H](N)C(=O)OC(=O)C[C@H](N)C(=O)OC(=O)[C@@H](N)CCCN=C(N)N. The van der Waals surface area contributed by atoms with Crippen LogP contribution in [0.5, 0.6) is 0 Å². The molecular weight excluding hydrogens is 372 g/mol. The Bertz CT molecular complexity index is 592. The van der Waals surface area contributed by atoms with E-state index in [2.05, 4.69) is 14.5 Å². The zero-order chi connectivity index (χ0) is 21.9. The second kappa shape index (κ2) is 12.8. The van der Waals surface area contributed by atoms with Crippen LogP contribution in [-0.2, 0) is 28.7 Å². The van der Waals surface area contributed by atoms with Crippen LogP contribution in [-0.4, -0.2) is 54.5 Å². The highest BCUT2D eigenvalue weighted by atomic mass is 16.6. The summed E-state index contributed by atoms with van der Waals surface area (Å²) in [7, 11) is 0. The lowest BCUT2D eigenvalue weighted by Crippen LogP contribution is -2.42. The minimum atomic E-state index is -1.50. The van der Waals surface area contributed by atoms with Gasteiger partial charge in [0.1, 0.15) is 18.1 Å². The van der Waals surface area contributed by atoms with Crippen molar-refractivity contribution in [2.45, 2.75) is 57.7 Å². The molecule has 0 fully saturated rings. The van der Waals surface area contributed by atoms with Gasteiger partial charge in [0.2, 0.25) is 0 Å². The summed E-state index contributed by atoms with van der Waals surface area (Å²) >= 11 is 0. The van der Waals surface area contributed by atoms with E-state index in [4.69, 9.17) is 28.7 Å². The van der Waals surface area contributed by atoms with Gasteiger partial charge in [-0.25, -0.2) is 14.4 Å². The molecular formula is C16H30N6O6. The van der Waals surface area contributed by atoms with Crippen LogP contribution in [0.25, 0.3) is 0 Å². The molecule has 10 N–H and O–H groups in total. The number of guanidine groups is 1. The van der Waals surface area contributed by atoms with Gasteiger partial charge in [0.15, 0.2) is 5.96 Å². The summed E-state index contributed by atoms with van der Waals surface area (Å²) < 4.78 is 9.09. The van der Waals surface area contributed by atoms with E-state index in [1.807, 2.05) is 6.92 Å². The number of hydrogen-bond donors (Lipinski definition) is 5. The van der Waals surface area contributed by atoms with Crippen LogP contribution in [0.4, 0.5) is 0 Å². The number of nitrogens with two attached hydrogens (primary N) is 5. The molecule has 0 heterocycles. The molecule has 160 valence electrons. The molecule has 0 saturated heterocycles. The minimum Gasteiger partial charge on any atom is -0.392 e. The Morgan fingerprint density at radius 1 is 0.929 bits per heavy atom. The van der Waals surface area contributed by atoms with Crippen LogP contribution in [0.1, 0.15) is 39.5 Å². The molecule has 28 heavy (non-hydrogen) atoms. The molecule has 12 heteroatoms. The molecule has 0 aromatic heterocycles. The number of ether oxygens (including phenoxy) is 2. The average Bonchev–Trinajstić information content (AvgIpc) is 2.62. The molecule has 0 aliphatic heterocycles. The molecule has 0 radical (unpaired) electrons. The molecule has 0 aromatic rings. The van der Waals surface area contributed by atoms with Crippen molar-refractivity contribution >= 4 is 29.8 Å². The third kappa shape index (κ3) is 9.94. The van der Waals surface area contributed by atoms with Crippen molar-refractivity contribution in [2.24, 2.45) is 39.6 Å². The predicted molar refractivity (Wildman–Crippen MR) is 100 cm³/mol. The van der Waals surface area contributed by atoms with Crippen LogP contribution < -0.4 is 28.7 Å². The molecule has 0 saturated carbocycles. The molecule has 0 spiro atoms. The third-order valence-corrected chi connectivity index (χ3v) is 3.90. The number of nitrogens with zero attached hydrogens (tertiary/aromatic N) is 1. The first-order chi connectivity index (χ1) is 13.0. The quantitative estimate of drug-likeness (QED) is 0.0803. The van der Waals surface area contributed by atoms with Crippen LogP contribution in [0.3, 0.4) is 0 Å². The Balaban J connectivity index is 4.39. The number of aliphatic imine (C=N–C) groups is 1. The molecule has 0 aliphatic carbocycles. The number of rotatable bonds is 11. The molecule has 0 unspecified atom stereocenters. The summed E-state index contributed by atoms with van der Waals surface area (Å²) in [6.07, 6.45) is 0.511. The second-order valence-corrected chi connectivity index (χ2v) is 6.31. The Hall–Kier alpha value is -2.57. The highest BCUT2D eigenvalue weighted by molar-refractivity contribution is 5.94. The second-order valence-electron chi connectivity index (χ2n) is 6.31. The molecule has 0 aliphatic rings. The van der Waals surface area contributed by atoms with Gasteiger partial charge in [-0.05, 0) is 18.8 Å². The van der Waals surface area contributed by atoms with E-state index < -0.39 is 48.4 Å². The number of esters is 4. The highest BCUT2D eigenvalue weighted by Crippen LogP contribution is 2.08. The Kier molecular flexibility index (Phi) is 11.6. The fourth-order valence-corrected chi connectivity index (χ4v) is 1.86. The Morgan fingerprint density at radius 3 is 2.04 bits per heavy atom. The van der Waals surface area contributed by atoms with E-state index in [1.54, 1.807) is 6.92 Å². The van der Waals surface area contributed by atoms with Crippen LogP contribution in [0.15, 0.2) is 4.99 Å². The molecule has 12 nitrogen and oxygen atoms in total. The summed E-state index contributed by atoms with van der Waals surface area (Å²) in [4.78, 5) is 50.7. The van der Waals surface area contributed by atoms with Crippen molar-refractivity contribution in [2.75, 3.05) is 6.54 Å². The van der Waals surface area contributed by atoms with E-state index in [0.717, 1.165) is 0 Å².